The van der Waals surface area contributed by atoms with Gasteiger partial charge in [-0.05, 0) is 55.0 Å². The van der Waals surface area contributed by atoms with Crippen LogP contribution in [0, 0.1) is 6.92 Å². The van der Waals surface area contributed by atoms with Crippen molar-refractivity contribution in [3.05, 3.63) is 47.0 Å². The van der Waals surface area contributed by atoms with Gasteiger partial charge in [-0.15, -0.1) is 6.58 Å². The van der Waals surface area contributed by atoms with Crippen molar-refractivity contribution >= 4 is 0 Å². The fourth-order valence-corrected chi connectivity index (χ4v) is 1.96. The van der Waals surface area contributed by atoms with Gasteiger partial charge in [0, 0.05) is 0 Å². The number of allylic oxidation sites excluding steroid dienone is 1. The lowest BCUT2D eigenvalue weighted by atomic mass is 9.94. The van der Waals surface area contributed by atoms with Crippen LogP contribution in [0.5, 0.6) is 0 Å². The number of aryl methyl sites for hydroxylation is 2. The molecule has 0 saturated carbocycles. The summed E-state index contributed by atoms with van der Waals surface area (Å²) in [6, 6.07) is 4.59. The van der Waals surface area contributed by atoms with Crippen LogP contribution in [0.25, 0.3) is 0 Å². The molecule has 0 unspecified atom stereocenters. The van der Waals surface area contributed by atoms with Gasteiger partial charge >= 0.3 is 0 Å². The Morgan fingerprint density at radius 3 is 2.53 bits per heavy atom. The number of benzene rings is 1. The fourth-order valence-electron chi connectivity index (χ4n) is 1.96. The minimum atomic E-state index is 0.727. The van der Waals surface area contributed by atoms with Crippen LogP contribution in [0.15, 0.2) is 24.8 Å². The molecule has 0 atom stereocenters. The second-order valence-corrected chi connectivity index (χ2v) is 3.93. The quantitative estimate of drug-likeness (QED) is 0.732. The van der Waals surface area contributed by atoms with Crippen LogP contribution in [0.4, 0.5) is 0 Å². The Hall–Kier alpha value is -1.08. The molecule has 0 amide bonds. The second kappa shape index (κ2) is 5.72. The zero-order valence-corrected chi connectivity index (χ0v) is 9.84. The first-order valence-corrected chi connectivity index (χ1v) is 5.65. The average Bonchev–Trinajstić information content (AvgIpc) is 2.22. The standard InChI is InChI=1S/C14H21N/c1-4-6-14-9-11(3)13(7-8-15)10-12(14)5-2/h4,9-10H,1,5-8,15H2,2-3H3. The summed E-state index contributed by atoms with van der Waals surface area (Å²) in [6.45, 7) is 8.89. The van der Waals surface area contributed by atoms with Crippen molar-refractivity contribution in [1.29, 1.82) is 0 Å². The van der Waals surface area contributed by atoms with Gasteiger partial charge in [-0.25, -0.2) is 0 Å². The Morgan fingerprint density at radius 1 is 1.27 bits per heavy atom. The monoisotopic (exact) mass is 203 g/mol. The number of rotatable bonds is 5. The van der Waals surface area contributed by atoms with E-state index >= 15 is 0 Å². The Labute approximate surface area is 93.0 Å². The molecule has 0 aliphatic heterocycles. The Balaban J connectivity index is 3.09. The SMILES string of the molecule is C=CCc1cc(C)c(CCN)cc1CC. The second-order valence-electron chi connectivity index (χ2n) is 3.93. The molecule has 1 aromatic carbocycles. The predicted octanol–water partition coefficient (Wildman–Crippen LogP) is 2.79. The normalized spacial score (nSPS) is 10.3. The van der Waals surface area contributed by atoms with E-state index in [0.717, 1.165) is 25.8 Å². The number of hydrogen-bond donors (Lipinski definition) is 1. The van der Waals surface area contributed by atoms with Crippen molar-refractivity contribution in [2.75, 3.05) is 6.54 Å². The lowest BCUT2D eigenvalue weighted by molar-refractivity contribution is 0.943. The molecule has 0 saturated heterocycles. The van der Waals surface area contributed by atoms with Crippen molar-refractivity contribution in [3.63, 3.8) is 0 Å². The Bertz CT molecular complexity index is 339. The third-order valence-corrected chi connectivity index (χ3v) is 2.82. The highest BCUT2D eigenvalue weighted by molar-refractivity contribution is 5.39. The van der Waals surface area contributed by atoms with Crippen molar-refractivity contribution in [2.24, 2.45) is 5.73 Å². The maximum atomic E-state index is 5.60. The molecule has 0 aromatic heterocycles. The first-order chi connectivity index (χ1) is 7.22. The van der Waals surface area contributed by atoms with E-state index < -0.39 is 0 Å². The summed E-state index contributed by atoms with van der Waals surface area (Å²) in [4.78, 5) is 0. The first-order valence-electron chi connectivity index (χ1n) is 5.65. The molecule has 1 heteroatoms. The minimum Gasteiger partial charge on any atom is -0.330 e. The van der Waals surface area contributed by atoms with Crippen molar-refractivity contribution < 1.29 is 0 Å². The summed E-state index contributed by atoms with van der Waals surface area (Å²) in [5.74, 6) is 0. The zero-order valence-electron chi connectivity index (χ0n) is 9.84. The molecular weight excluding hydrogens is 182 g/mol. The molecule has 1 aromatic rings. The summed E-state index contributed by atoms with van der Waals surface area (Å²) < 4.78 is 0. The highest BCUT2D eigenvalue weighted by Crippen LogP contribution is 2.18. The van der Waals surface area contributed by atoms with Gasteiger partial charge in [0.15, 0.2) is 0 Å². The van der Waals surface area contributed by atoms with E-state index in [1.165, 1.54) is 22.3 Å². The van der Waals surface area contributed by atoms with Crippen molar-refractivity contribution in [3.8, 4) is 0 Å². The van der Waals surface area contributed by atoms with Crippen molar-refractivity contribution in [1.82, 2.24) is 0 Å². The molecule has 0 bridgehead atoms. The van der Waals surface area contributed by atoms with Gasteiger partial charge in [0.1, 0.15) is 0 Å². The molecular formula is C14H21N. The predicted molar refractivity (Wildman–Crippen MR) is 67.2 cm³/mol. The van der Waals surface area contributed by atoms with E-state index in [-0.39, 0.29) is 0 Å². The molecule has 0 spiro atoms. The molecule has 0 radical (unpaired) electrons. The van der Waals surface area contributed by atoms with Crippen LogP contribution in [-0.4, -0.2) is 6.54 Å². The largest absolute Gasteiger partial charge is 0.330 e. The van der Waals surface area contributed by atoms with Crippen LogP contribution in [0.3, 0.4) is 0 Å². The maximum absolute atomic E-state index is 5.60. The van der Waals surface area contributed by atoms with Gasteiger partial charge in [-0.2, -0.15) is 0 Å². The molecule has 2 N–H and O–H groups in total. The highest BCUT2D eigenvalue weighted by Gasteiger charge is 2.04. The molecule has 0 heterocycles. The number of hydrogen-bond acceptors (Lipinski definition) is 1. The molecule has 1 rings (SSSR count). The van der Waals surface area contributed by atoms with E-state index in [2.05, 4.69) is 32.6 Å². The lowest BCUT2D eigenvalue weighted by Gasteiger charge is -2.12. The van der Waals surface area contributed by atoms with Gasteiger partial charge in [-0.3, -0.25) is 0 Å². The average molecular weight is 203 g/mol. The van der Waals surface area contributed by atoms with Gasteiger partial charge in [0.05, 0.1) is 0 Å². The smallest absolute Gasteiger partial charge is 0.00366 e. The molecule has 82 valence electrons. The van der Waals surface area contributed by atoms with E-state index in [1.807, 2.05) is 6.08 Å². The Kier molecular flexibility index (Phi) is 4.57. The topological polar surface area (TPSA) is 26.0 Å². The lowest BCUT2D eigenvalue weighted by Crippen LogP contribution is -2.06. The molecule has 15 heavy (non-hydrogen) atoms. The zero-order chi connectivity index (χ0) is 11.3. The van der Waals surface area contributed by atoms with E-state index in [0.29, 0.717) is 0 Å². The van der Waals surface area contributed by atoms with Crippen LogP contribution in [-0.2, 0) is 19.3 Å². The maximum Gasteiger partial charge on any atom is -0.00366 e. The van der Waals surface area contributed by atoms with Crippen LogP contribution < -0.4 is 5.73 Å². The fraction of sp³-hybridized carbons (Fsp3) is 0.429. The molecule has 0 aliphatic carbocycles. The van der Waals surface area contributed by atoms with Gasteiger partial charge < -0.3 is 5.73 Å². The summed E-state index contributed by atoms with van der Waals surface area (Å²) >= 11 is 0. The van der Waals surface area contributed by atoms with Gasteiger partial charge in [-0.1, -0.05) is 25.1 Å². The summed E-state index contributed by atoms with van der Waals surface area (Å²) in [5.41, 5.74) is 11.2. The van der Waals surface area contributed by atoms with E-state index in [4.69, 9.17) is 5.73 Å². The summed E-state index contributed by atoms with van der Waals surface area (Å²) in [7, 11) is 0. The van der Waals surface area contributed by atoms with Crippen LogP contribution in [0.1, 0.15) is 29.2 Å². The number of nitrogens with two attached hydrogens (primary N) is 1. The minimum absolute atomic E-state index is 0.727. The van der Waals surface area contributed by atoms with Gasteiger partial charge in [0.2, 0.25) is 0 Å². The van der Waals surface area contributed by atoms with Crippen LogP contribution in [0.2, 0.25) is 0 Å². The third-order valence-electron chi connectivity index (χ3n) is 2.82. The summed E-state index contributed by atoms with van der Waals surface area (Å²) in [5, 5.41) is 0. The highest BCUT2D eigenvalue weighted by atomic mass is 14.5. The van der Waals surface area contributed by atoms with E-state index in [1.54, 1.807) is 0 Å². The third kappa shape index (κ3) is 2.93. The van der Waals surface area contributed by atoms with Gasteiger partial charge in [0.25, 0.3) is 0 Å². The van der Waals surface area contributed by atoms with E-state index in [9.17, 15) is 0 Å². The molecule has 0 aliphatic rings. The summed E-state index contributed by atoms with van der Waals surface area (Å²) in [6.07, 6.45) is 5.00. The molecule has 0 fully saturated rings. The molecule has 1 nitrogen and oxygen atoms in total. The first kappa shape index (κ1) is 12.0. The Morgan fingerprint density at radius 2 is 2.00 bits per heavy atom. The van der Waals surface area contributed by atoms with Crippen LogP contribution >= 0.6 is 0 Å². The van der Waals surface area contributed by atoms with Crippen molar-refractivity contribution in [2.45, 2.75) is 33.1 Å².